The highest BCUT2D eigenvalue weighted by atomic mass is 32.2. The van der Waals surface area contributed by atoms with E-state index in [4.69, 9.17) is 4.52 Å². The second-order valence-electron chi connectivity index (χ2n) is 7.01. The van der Waals surface area contributed by atoms with Crippen molar-refractivity contribution in [2.75, 3.05) is 19.3 Å². The van der Waals surface area contributed by atoms with Crippen LogP contribution in [-0.4, -0.2) is 47.8 Å². The first-order valence-electron chi connectivity index (χ1n) is 8.75. The van der Waals surface area contributed by atoms with Gasteiger partial charge in [-0.05, 0) is 43.5 Å². The second kappa shape index (κ2) is 6.85. The number of sulfone groups is 1. The van der Waals surface area contributed by atoms with Gasteiger partial charge in [0.2, 0.25) is 5.89 Å². The molecule has 0 bridgehead atoms. The monoisotopic (exact) mass is 374 g/mol. The summed E-state index contributed by atoms with van der Waals surface area (Å²) in [6.07, 6.45) is 5.46. The molecule has 0 saturated carbocycles. The Morgan fingerprint density at radius 3 is 2.81 bits per heavy atom. The highest BCUT2D eigenvalue weighted by Gasteiger charge is 2.24. The number of fused-ring (bicyclic) bond motifs is 1. The van der Waals surface area contributed by atoms with Crippen LogP contribution in [-0.2, 0) is 22.1 Å². The van der Waals surface area contributed by atoms with Crippen molar-refractivity contribution >= 4 is 20.7 Å². The van der Waals surface area contributed by atoms with Crippen molar-refractivity contribution in [1.29, 1.82) is 0 Å². The van der Waals surface area contributed by atoms with Gasteiger partial charge in [-0.1, -0.05) is 23.4 Å². The molecule has 0 amide bonds. The number of likely N-dealkylation sites (tertiary alicyclic amines) is 1. The SMILES string of the molecule is CS(=O)(=O)Cc1noc(CN2CCC(c3c[nH]c4ccccc34)CC2)n1. The summed E-state index contributed by atoms with van der Waals surface area (Å²) in [5.74, 6) is 1.08. The van der Waals surface area contributed by atoms with Crippen molar-refractivity contribution in [2.24, 2.45) is 0 Å². The Kier molecular flexibility index (Phi) is 4.54. The molecule has 1 saturated heterocycles. The lowest BCUT2D eigenvalue weighted by Crippen LogP contribution is -2.32. The largest absolute Gasteiger partial charge is 0.361 e. The smallest absolute Gasteiger partial charge is 0.240 e. The van der Waals surface area contributed by atoms with Crippen LogP contribution in [0.4, 0.5) is 0 Å². The lowest BCUT2D eigenvalue weighted by atomic mass is 9.89. The fraction of sp³-hybridized carbons (Fsp3) is 0.444. The first-order valence-corrected chi connectivity index (χ1v) is 10.8. The molecule has 2 aromatic heterocycles. The van der Waals surface area contributed by atoms with Gasteiger partial charge >= 0.3 is 0 Å². The van der Waals surface area contributed by atoms with Gasteiger partial charge in [-0.3, -0.25) is 4.90 Å². The van der Waals surface area contributed by atoms with E-state index in [0.29, 0.717) is 18.4 Å². The summed E-state index contributed by atoms with van der Waals surface area (Å²) in [7, 11) is -3.15. The Morgan fingerprint density at radius 2 is 2.04 bits per heavy atom. The van der Waals surface area contributed by atoms with E-state index in [1.54, 1.807) is 0 Å². The van der Waals surface area contributed by atoms with E-state index in [0.717, 1.165) is 25.9 Å². The first-order chi connectivity index (χ1) is 12.5. The number of para-hydroxylation sites is 1. The zero-order chi connectivity index (χ0) is 18.1. The van der Waals surface area contributed by atoms with Gasteiger partial charge in [0.25, 0.3) is 0 Å². The van der Waals surface area contributed by atoms with E-state index in [2.05, 4.69) is 44.4 Å². The van der Waals surface area contributed by atoms with Gasteiger partial charge in [0.1, 0.15) is 5.75 Å². The molecule has 1 aliphatic heterocycles. The number of H-pyrrole nitrogens is 1. The fourth-order valence-electron chi connectivity index (χ4n) is 3.67. The minimum absolute atomic E-state index is 0.181. The Bertz CT molecular complexity index is 1000. The van der Waals surface area contributed by atoms with Crippen LogP contribution in [0.2, 0.25) is 0 Å². The maximum atomic E-state index is 11.3. The number of piperidine rings is 1. The van der Waals surface area contributed by atoms with E-state index in [-0.39, 0.29) is 11.6 Å². The summed E-state index contributed by atoms with van der Waals surface area (Å²) in [5, 5.41) is 5.07. The number of hydrogen-bond donors (Lipinski definition) is 1. The van der Waals surface area contributed by atoms with E-state index in [9.17, 15) is 8.42 Å². The quantitative estimate of drug-likeness (QED) is 0.738. The highest BCUT2D eigenvalue weighted by molar-refractivity contribution is 7.89. The Balaban J connectivity index is 1.37. The van der Waals surface area contributed by atoms with Crippen molar-refractivity contribution in [3.05, 3.63) is 47.7 Å². The Hall–Kier alpha value is -2.19. The number of hydrogen-bond acceptors (Lipinski definition) is 6. The maximum absolute atomic E-state index is 11.3. The molecule has 0 aliphatic carbocycles. The average Bonchev–Trinajstić information content (AvgIpc) is 3.21. The van der Waals surface area contributed by atoms with Crippen LogP contribution in [0.5, 0.6) is 0 Å². The third-order valence-electron chi connectivity index (χ3n) is 4.91. The maximum Gasteiger partial charge on any atom is 0.240 e. The van der Waals surface area contributed by atoms with Gasteiger partial charge in [0.05, 0.1) is 6.54 Å². The summed E-state index contributed by atoms with van der Waals surface area (Å²) < 4.78 is 27.8. The average molecular weight is 374 g/mol. The van der Waals surface area contributed by atoms with E-state index in [1.807, 2.05) is 6.07 Å². The molecular weight excluding hydrogens is 352 g/mol. The third-order valence-corrected chi connectivity index (χ3v) is 5.69. The number of nitrogens with zero attached hydrogens (tertiary/aromatic N) is 3. The van der Waals surface area contributed by atoms with Gasteiger partial charge in [0, 0.05) is 23.4 Å². The summed E-state index contributed by atoms with van der Waals surface area (Å²) in [4.78, 5) is 9.84. The number of rotatable bonds is 5. The normalized spacial score (nSPS) is 17.1. The molecule has 3 heterocycles. The molecule has 0 atom stereocenters. The number of aromatic amines is 1. The topological polar surface area (TPSA) is 92.1 Å². The lowest BCUT2D eigenvalue weighted by Gasteiger charge is -2.30. The summed E-state index contributed by atoms with van der Waals surface area (Å²) in [6.45, 7) is 2.47. The van der Waals surface area contributed by atoms with E-state index in [1.165, 1.54) is 22.7 Å². The fourth-order valence-corrected chi connectivity index (χ4v) is 4.26. The number of aromatic nitrogens is 3. The molecule has 1 aromatic carbocycles. The molecule has 1 N–H and O–H groups in total. The summed E-state index contributed by atoms with van der Waals surface area (Å²) >= 11 is 0. The van der Waals surface area contributed by atoms with E-state index < -0.39 is 9.84 Å². The number of benzene rings is 1. The molecule has 26 heavy (non-hydrogen) atoms. The summed E-state index contributed by atoms with van der Waals surface area (Å²) in [6, 6.07) is 8.42. The van der Waals surface area contributed by atoms with Crippen molar-refractivity contribution in [3.8, 4) is 0 Å². The molecule has 0 spiro atoms. The Labute approximate surface area is 152 Å². The van der Waals surface area contributed by atoms with Gasteiger partial charge in [0.15, 0.2) is 15.7 Å². The van der Waals surface area contributed by atoms with Gasteiger partial charge in [-0.25, -0.2) is 8.42 Å². The molecule has 138 valence electrons. The zero-order valence-electron chi connectivity index (χ0n) is 14.7. The van der Waals surface area contributed by atoms with Gasteiger partial charge < -0.3 is 9.51 Å². The molecule has 7 nitrogen and oxygen atoms in total. The van der Waals surface area contributed by atoms with Crippen molar-refractivity contribution < 1.29 is 12.9 Å². The molecule has 1 fully saturated rings. The number of nitrogens with one attached hydrogen (secondary N) is 1. The summed E-state index contributed by atoms with van der Waals surface area (Å²) in [5.41, 5.74) is 2.59. The minimum atomic E-state index is -3.15. The van der Waals surface area contributed by atoms with Crippen LogP contribution in [0, 0.1) is 0 Å². The molecule has 3 aromatic rings. The molecule has 8 heteroatoms. The predicted molar refractivity (Wildman–Crippen MR) is 98.4 cm³/mol. The second-order valence-corrected chi connectivity index (χ2v) is 9.15. The zero-order valence-corrected chi connectivity index (χ0v) is 15.5. The van der Waals surface area contributed by atoms with Crippen LogP contribution >= 0.6 is 0 Å². The highest BCUT2D eigenvalue weighted by Crippen LogP contribution is 2.33. The van der Waals surface area contributed by atoms with Crippen molar-refractivity contribution in [1.82, 2.24) is 20.0 Å². The minimum Gasteiger partial charge on any atom is -0.361 e. The van der Waals surface area contributed by atoms with Crippen molar-refractivity contribution in [3.63, 3.8) is 0 Å². The molecule has 0 radical (unpaired) electrons. The first kappa shape index (κ1) is 17.2. The lowest BCUT2D eigenvalue weighted by molar-refractivity contribution is 0.181. The molecule has 4 rings (SSSR count). The Morgan fingerprint density at radius 1 is 1.27 bits per heavy atom. The third kappa shape index (κ3) is 3.81. The molecular formula is C18H22N4O3S. The van der Waals surface area contributed by atoms with Crippen LogP contribution in [0.3, 0.4) is 0 Å². The molecule has 1 aliphatic rings. The van der Waals surface area contributed by atoms with E-state index >= 15 is 0 Å². The van der Waals surface area contributed by atoms with Crippen LogP contribution in [0.1, 0.15) is 36.0 Å². The van der Waals surface area contributed by atoms with Crippen LogP contribution < -0.4 is 0 Å². The molecule has 0 unspecified atom stereocenters. The predicted octanol–water partition coefficient (Wildman–Crippen LogP) is 2.48. The standard InChI is InChI=1S/C18H22N4O3S/c1-26(23,24)12-17-20-18(25-21-17)11-22-8-6-13(7-9-22)15-10-19-16-5-3-2-4-14(15)16/h2-5,10,13,19H,6-9,11-12H2,1H3. The van der Waals surface area contributed by atoms with Gasteiger partial charge in [-0.2, -0.15) is 4.98 Å². The van der Waals surface area contributed by atoms with Crippen LogP contribution in [0.15, 0.2) is 35.0 Å². The van der Waals surface area contributed by atoms with Crippen LogP contribution in [0.25, 0.3) is 10.9 Å². The van der Waals surface area contributed by atoms with Gasteiger partial charge in [-0.15, -0.1) is 0 Å². The van der Waals surface area contributed by atoms with Crippen molar-refractivity contribution in [2.45, 2.75) is 31.1 Å².